The van der Waals surface area contributed by atoms with Crippen LogP contribution < -0.4 is 0 Å². The maximum atomic E-state index is 10.5. The molecule has 0 aliphatic heterocycles. The van der Waals surface area contributed by atoms with Crippen molar-refractivity contribution in [1.82, 2.24) is 0 Å². The van der Waals surface area contributed by atoms with Gasteiger partial charge < -0.3 is 0 Å². The molecule has 0 aliphatic rings. The molecule has 0 rings (SSSR count). The van der Waals surface area contributed by atoms with E-state index in [-0.39, 0.29) is 13.0 Å². The van der Waals surface area contributed by atoms with Crippen molar-refractivity contribution in [2.75, 3.05) is 0 Å². The summed E-state index contributed by atoms with van der Waals surface area (Å²) in [6.45, 7) is 0.125. The van der Waals surface area contributed by atoms with Crippen molar-refractivity contribution in [1.29, 1.82) is 0 Å². The quantitative estimate of drug-likeness (QED) is 0.446. The Morgan fingerprint density at radius 2 is 1.80 bits per heavy atom. The molecule has 0 aromatic carbocycles. The normalized spacial score (nSPS) is 10.0. The van der Waals surface area contributed by atoms with Gasteiger partial charge in [-0.1, -0.05) is 0 Å². The number of allylic oxidation sites excluding steroid dienone is 1. The van der Waals surface area contributed by atoms with E-state index in [0.717, 1.165) is 0 Å². The zero-order valence-electron chi connectivity index (χ0n) is 2.49. The molecule has 0 saturated heterocycles. The Kier molecular flexibility index (Phi) is 3.31. The van der Waals surface area contributed by atoms with Crippen molar-refractivity contribution >= 4 is 0 Å². The third kappa shape index (κ3) is 3.60. The summed E-state index contributed by atoms with van der Waals surface area (Å²) < 4.78 is 21.1. The monoisotopic (exact) mass is 77.0 g/mol. The summed E-state index contributed by atoms with van der Waals surface area (Å²) in [6, 6.07) is 0. The van der Waals surface area contributed by atoms with Crippen molar-refractivity contribution in [3.05, 3.63) is 19.1 Å². The second-order valence-corrected chi connectivity index (χ2v) is 0.444. The molecular weight excluding hydrogens is 74.0 g/mol. The number of hydrogen-bond donors (Lipinski definition) is 0. The van der Waals surface area contributed by atoms with Gasteiger partial charge >= 0.3 is 0 Å². The highest BCUT2D eigenvalue weighted by molar-refractivity contribution is 4.79. The average molecular weight is 77.1 g/mol. The summed E-state index contributed by atoms with van der Waals surface area (Å²) >= 11 is 0. The molecule has 29 valence electrons. The highest BCUT2D eigenvalue weighted by Gasteiger charge is 1.60. The first-order valence-corrected chi connectivity index (χ1v) is 1.10. The molecule has 0 unspecified atom stereocenters. The molecule has 2 heteroatoms. The van der Waals surface area contributed by atoms with E-state index < -0.39 is 0 Å². The van der Waals surface area contributed by atoms with Crippen LogP contribution in [0.3, 0.4) is 0 Å². The van der Waals surface area contributed by atoms with Crippen molar-refractivity contribution in [2.24, 2.45) is 0 Å². The molecule has 0 atom stereocenters. The lowest BCUT2D eigenvalue weighted by molar-refractivity contribution is 0.642. The van der Waals surface area contributed by atoms with E-state index in [0.29, 0.717) is 6.08 Å². The van der Waals surface area contributed by atoms with Gasteiger partial charge in [0.2, 0.25) is 0 Å². The van der Waals surface area contributed by atoms with Crippen LogP contribution in [0.1, 0.15) is 0 Å². The molecule has 5 heavy (non-hydrogen) atoms. The summed E-state index contributed by atoms with van der Waals surface area (Å²) in [4.78, 5) is 0. The maximum Gasteiger partial charge on any atom is 0.155 e. The minimum absolute atomic E-state index is 0.125. The first-order chi connectivity index (χ1) is 2.41. The lowest BCUT2D eigenvalue weighted by atomic mass is 10.7. The topological polar surface area (TPSA) is 0 Å². The Hall–Kier alpha value is -0.400. The van der Waals surface area contributed by atoms with Crippen molar-refractivity contribution in [3.8, 4) is 0 Å². The highest BCUT2D eigenvalue weighted by Crippen LogP contribution is 1.78. The van der Waals surface area contributed by atoms with Crippen LogP contribution in [-0.4, -0.2) is 0 Å². The van der Waals surface area contributed by atoms with E-state index in [1.165, 1.54) is 0 Å². The fourth-order valence-corrected chi connectivity index (χ4v) is 0.0275. The van der Waals surface area contributed by atoms with Crippen LogP contribution in [0.15, 0.2) is 12.4 Å². The fourth-order valence-electron chi connectivity index (χ4n) is 0.0275. The Bertz CT molecular complexity index is 31.9. The van der Waals surface area contributed by atoms with Gasteiger partial charge in [-0.25, -0.2) is 8.78 Å². The molecule has 0 N–H and O–H groups in total. The standard InChI is InChI=1S/C3H3F2/c4-2-1-3-5/h1-3H. The first kappa shape index (κ1) is 4.60. The molecule has 0 aliphatic carbocycles. The summed E-state index contributed by atoms with van der Waals surface area (Å²) in [6.07, 6.45) is 0.792. The lowest BCUT2D eigenvalue weighted by Gasteiger charge is -1.58. The molecule has 0 heterocycles. The van der Waals surface area contributed by atoms with Crippen LogP contribution >= 0.6 is 0 Å². The second kappa shape index (κ2) is 3.60. The van der Waals surface area contributed by atoms with Crippen LogP contribution in [0.5, 0.6) is 0 Å². The summed E-state index contributed by atoms with van der Waals surface area (Å²) in [7, 11) is 0. The Morgan fingerprint density at radius 1 is 1.20 bits per heavy atom. The van der Waals surface area contributed by atoms with E-state index in [1.54, 1.807) is 0 Å². The van der Waals surface area contributed by atoms with Gasteiger partial charge in [0.1, 0.15) is 0 Å². The molecule has 0 spiro atoms. The third-order valence-electron chi connectivity index (χ3n) is 0.145. The molecule has 0 saturated carbocycles. The molecule has 0 nitrogen and oxygen atoms in total. The predicted molar refractivity (Wildman–Crippen MR) is 15.7 cm³/mol. The van der Waals surface area contributed by atoms with Crippen LogP contribution in [0.4, 0.5) is 8.78 Å². The molecule has 0 bridgehead atoms. The zero-order valence-corrected chi connectivity index (χ0v) is 2.49. The largest absolute Gasteiger partial charge is 0.239 e. The number of halogens is 2. The van der Waals surface area contributed by atoms with Crippen LogP contribution in [0.25, 0.3) is 0 Å². The van der Waals surface area contributed by atoms with Crippen LogP contribution in [0, 0.1) is 6.67 Å². The van der Waals surface area contributed by atoms with E-state index in [4.69, 9.17) is 0 Å². The van der Waals surface area contributed by atoms with Gasteiger partial charge in [-0.2, -0.15) is 0 Å². The molecule has 1 radical (unpaired) electrons. The van der Waals surface area contributed by atoms with Crippen molar-refractivity contribution in [3.63, 3.8) is 0 Å². The van der Waals surface area contributed by atoms with E-state index in [9.17, 15) is 8.78 Å². The van der Waals surface area contributed by atoms with Gasteiger partial charge in [0.25, 0.3) is 0 Å². The molecule has 0 fully saturated rings. The Morgan fingerprint density at radius 3 is 1.80 bits per heavy atom. The van der Waals surface area contributed by atoms with Crippen LogP contribution in [-0.2, 0) is 0 Å². The Balaban J connectivity index is 2.62. The van der Waals surface area contributed by atoms with Gasteiger partial charge in [-0.15, -0.1) is 0 Å². The third-order valence-corrected chi connectivity index (χ3v) is 0.145. The van der Waals surface area contributed by atoms with E-state index >= 15 is 0 Å². The first-order valence-electron chi connectivity index (χ1n) is 1.10. The predicted octanol–water partition coefficient (Wildman–Crippen LogP) is 1.60. The van der Waals surface area contributed by atoms with Gasteiger partial charge in [-0.05, 0) is 6.08 Å². The van der Waals surface area contributed by atoms with Gasteiger partial charge in [-0.3, -0.25) is 0 Å². The van der Waals surface area contributed by atoms with E-state index in [2.05, 4.69) is 0 Å². The molecular formula is C3H3F2. The zero-order chi connectivity index (χ0) is 4.12. The maximum absolute atomic E-state index is 10.5. The smallest absolute Gasteiger partial charge is 0.155 e. The van der Waals surface area contributed by atoms with Crippen LogP contribution in [0.2, 0.25) is 0 Å². The van der Waals surface area contributed by atoms with E-state index in [1.807, 2.05) is 0 Å². The number of rotatable bonds is 1. The molecule has 0 amide bonds. The molecule has 0 aromatic rings. The van der Waals surface area contributed by atoms with Gasteiger partial charge in [0.05, 0.1) is 6.33 Å². The lowest BCUT2D eigenvalue weighted by Crippen LogP contribution is -1.40. The average Bonchev–Trinajstić information content (AvgIpc) is 1.41. The van der Waals surface area contributed by atoms with Gasteiger partial charge in [0.15, 0.2) is 6.67 Å². The SMILES string of the molecule is F[CH]C=CF. The highest BCUT2D eigenvalue weighted by atomic mass is 19.1. The Labute approximate surface area is 29.1 Å². The second-order valence-electron chi connectivity index (χ2n) is 0.444. The summed E-state index contributed by atoms with van der Waals surface area (Å²) in [5.74, 6) is 0. The molecule has 0 aromatic heterocycles. The van der Waals surface area contributed by atoms with Crippen molar-refractivity contribution < 1.29 is 8.78 Å². The van der Waals surface area contributed by atoms with Gasteiger partial charge in [0, 0.05) is 0 Å². The fraction of sp³-hybridized carbons (Fsp3) is 0. The minimum atomic E-state index is 0.125. The number of hydrogen-bond acceptors (Lipinski definition) is 0. The summed E-state index contributed by atoms with van der Waals surface area (Å²) in [5, 5.41) is 0. The van der Waals surface area contributed by atoms with Crippen molar-refractivity contribution in [2.45, 2.75) is 0 Å². The minimum Gasteiger partial charge on any atom is -0.239 e. The summed E-state index contributed by atoms with van der Waals surface area (Å²) in [5.41, 5.74) is 0.